The third kappa shape index (κ3) is 3.90. The number of fused-ring (bicyclic) bond motifs is 1. The molecular weight excluding hydrogens is 413 g/mol. The molecule has 1 unspecified atom stereocenters. The molecule has 2 N–H and O–H groups in total. The van der Waals surface area contributed by atoms with E-state index < -0.39 is 23.8 Å². The summed E-state index contributed by atoms with van der Waals surface area (Å²) < 4.78 is 14.7. The standard InChI is InChI=1S/C24H16FN3O4/c25-19-10-3-1-8-17(19)21-18-9-2-4-11-20(18)28(12-13-29)24(32)22(26-21)27-23(31)15-6-5-7-16(30)14-15/h1-12,14,22,30H,(H,27,31). The highest BCUT2D eigenvalue weighted by Crippen LogP contribution is 2.29. The van der Waals surface area contributed by atoms with Crippen LogP contribution in [0.1, 0.15) is 21.5 Å². The number of halogens is 1. The number of carbonyl (C=O) groups is 2. The Morgan fingerprint density at radius 1 is 1.06 bits per heavy atom. The summed E-state index contributed by atoms with van der Waals surface area (Å²) in [6.45, 7) is 0. The van der Waals surface area contributed by atoms with Crippen LogP contribution in [-0.2, 0) is 9.59 Å². The number of aromatic hydroxyl groups is 1. The van der Waals surface area contributed by atoms with E-state index in [0.29, 0.717) is 5.56 Å². The molecule has 1 aliphatic heterocycles. The van der Waals surface area contributed by atoms with E-state index in [1.54, 1.807) is 36.3 Å². The van der Waals surface area contributed by atoms with Crippen molar-refractivity contribution in [2.45, 2.75) is 6.17 Å². The molecule has 0 aliphatic carbocycles. The topological polar surface area (TPSA) is 99.1 Å². The minimum atomic E-state index is -1.48. The number of phenolic OH excluding ortho intramolecular Hbond substituents is 1. The van der Waals surface area contributed by atoms with E-state index in [1.165, 1.54) is 42.5 Å². The van der Waals surface area contributed by atoms with E-state index in [4.69, 9.17) is 0 Å². The van der Waals surface area contributed by atoms with Crippen molar-refractivity contribution in [1.82, 2.24) is 5.32 Å². The van der Waals surface area contributed by atoms with Crippen LogP contribution in [0.4, 0.5) is 10.1 Å². The van der Waals surface area contributed by atoms with Crippen LogP contribution in [-0.4, -0.2) is 34.7 Å². The zero-order valence-electron chi connectivity index (χ0n) is 16.5. The molecule has 3 aromatic carbocycles. The molecule has 8 heteroatoms. The van der Waals surface area contributed by atoms with Gasteiger partial charge in [-0.2, -0.15) is 0 Å². The Balaban J connectivity index is 1.86. The second-order valence-corrected chi connectivity index (χ2v) is 6.86. The van der Waals surface area contributed by atoms with E-state index in [9.17, 15) is 23.9 Å². The number of nitrogens with zero attached hydrogens (tertiary/aromatic N) is 2. The van der Waals surface area contributed by atoms with Gasteiger partial charge in [0, 0.05) is 16.7 Å². The molecule has 0 saturated carbocycles. The van der Waals surface area contributed by atoms with Gasteiger partial charge in [0.25, 0.3) is 11.8 Å². The number of hydrogen-bond donors (Lipinski definition) is 2. The lowest BCUT2D eigenvalue weighted by molar-refractivity contribution is -0.119. The monoisotopic (exact) mass is 429 g/mol. The van der Waals surface area contributed by atoms with Crippen molar-refractivity contribution in [2.24, 2.45) is 4.99 Å². The largest absolute Gasteiger partial charge is 0.508 e. The summed E-state index contributed by atoms with van der Waals surface area (Å²) in [5.41, 5.74) is 1.04. The van der Waals surface area contributed by atoms with E-state index >= 15 is 0 Å². The van der Waals surface area contributed by atoms with Crippen LogP contribution < -0.4 is 10.2 Å². The van der Waals surface area contributed by atoms with Gasteiger partial charge in [-0.3, -0.25) is 14.5 Å². The second-order valence-electron chi connectivity index (χ2n) is 6.86. The maximum absolute atomic E-state index is 14.7. The SMILES string of the molecule is O=C=CN1C(=O)C(NC(=O)c2cccc(O)c2)N=C(c2ccccc2F)c2ccccc21. The minimum Gasteiger partial charge on any atom is -0.508 e. The van der Waals surface area contributed by atoms with E-state index in [1.807, 2.05) is 0 Å². The van der Waals surface area contributed by atoms with Crippen LogP contribution in [0.15, 0.2) is 84.0 Å². The molecule has 0 fully saturated rings. The first-order valence-corrected chi connectivity index (χ1v) is 9.55. The number of aliphatic imine (C=N–C) groups is 1. The number of anilines is 1. The van der Waals surface area contributed by atoms with Gasteiger partial charge in [-0.1, -0.05) is 36.4 Å². The van der Waals surface area contributed by atoms with E-state index in [2.05, 4.69) is 10.3 Å². The van der Waals surface area contributed by atoms with Gasteiger partial charge in [0.1, 0.15) is 17.5 Å². The highest BCUT2D eigenvalue weighted by molar-refractivity contribution is 6.21. The van der Waals surface area contributed by atoms with E-state index in [-0.39, 0.29) is 28.3 Å². The number of rotatable bonds is 4. The summed E-state index contributed by atoms with van der Waals surface area (Å²) in [4.78, 5) is 42.5. The van der Waals surface area contributed by atoms with Crippen LogP contribution in [0, 0.1) is 5.82 Å². The maximum atomic E-state index is 14.7. The van der Waals surface area contributed by atoms with Gasteiger partial charge in [-0.15, -0.1) is 0 Å². The number of amides is 2. The lowest BCUT2D eigenvalue weighted by Crippen LogP contribution is -2.45. The minimum absolute atomic E-state index is 0.0969. The molecule has 4 rings (SSSR count). The molecule has 3 aromatic rings. The van der Waals surface area contributed by atoms with Gasteiger partial charge in [-0.05, 0) is 36.4 Å². The van der Waals surface area contributed by atoms with Crippen LogP contribution in [0.2, 0.25) is 0 Å². The fourth-order valence-electron chi connectivity index (χ4n) is 3.39. The number of benzodiazepines with no additional fused rings is 1. The average Bonchev–Trinajstić information content (AvgIpc) is 2.90. The third-order valence-corrected chi connectivity index (χ3v) is 4.84. The van der Waals surface area contributed by atoms with Crippen LogP contribution in [0.3, 0.4) is 0 Å². The predicted molar refractivity (Wildman–Crippen MR) is 116 cm³/mol. The highest BCUT2D eigenvalue weighted by Gasteiger charge is 2.33. The molecule has 0 bridgehead atoms. The first-order chi connectivity index (χ1) is 15.5. The molecule has 0 aromatic heterocycles. The van der Waals surface area contributed by atoms with Crippen LogP contribution in [0.5, 0.6) is 5.75 Å². The number of para-hydroxylation sites is 1. The van der Waals surface area contributed by atoms with Gasteiger partial charge in [0.05, 0.1) is 17.6 Å². The van der Waals surface area contributed by atoms with Crippen LogP contribution >= 0.6 is 0 Å². The lowest BCUT2D eigenvalue weighted by atomic mass is 10.00. The fraction of sp³-hybridized carbons (Fsp3) is 0.0417. The van der Waals surface area contributed by atoms with E-state index in [0.717, 1.165) is 11.1 Å². The smallest absolute Gasteiger partial charge is 0.276 e. The number of phenols is 1. The first-order valence-electron chi connectivity index (χ1n) is 9.55. The Labute approximate surface area is 182 Å². The van der Waals surface area contributed by atoms with Crippen molar-refractivity contribution in [3.05, 3.63) is 102 Å². The van der Waals surface area contributed by atoms with Crippen molar-refractivity contribution in [1.29, 1.82) is 0 Å². The Hall–Kier alpha value is -4.55. The Kier molecular flexibility index (Phi) is 5.61. The molecule has 32 heavy (non-hydrogen) atoms. The summed E-state index contributed by atoms with van der Waals surface area (Å²) in [6.07, 6.45) is -0.578. The molecule has 7 nitrogen and oxygen atoms in total. The normalized spacial score (nSPS) is 15.2. The van der Waals surface area contributed by atoms with Crippen molar-refractivity contribution < 1.29 is 23.9 Å². The van der Waals surface area contributed by atoms with Crippen molar-refractivity contribution >= 4 is 29.2 Å². The lowest BCUT2D eigenvalue weighted by Gasteiger charge is -2.20. The second kappa shape index (κ2) is 8.67. The first kappa shape index (κ1) is 20.7. The summed E-state index contributed by atoms with van der Waals surface area (Å²) >= 11 is 0. The molecular formula is C24H16FN3O4. The summed E-state index contributed by atoms with van der Waals surface area (Å²) in [5.74, 6) is -0.535. The number of carbonyl (C=O) groups excluding carboxylic acids is 3. The predicted octanol–water partition coefficient (Wildman–Crippen LogP) is 2.82. The molecule has 0 radical (unpaired) electrons. The van der Waals surface area contributed by atoms with Gasteiger partial charge < -0.3 is 10.4 Å². The highest BCUT2D eigenvalue weighted by atomic mass is 19.1. The average molecular weight is 429 g/mol. The summed E-state index contributed by atoms with van der Waals surface area (Å²) in [6, 6.07) is 18.0. The molecule has 0 spiro atoms. The fourth-order valence-corrected chi connectivity index (χ4v) is 3.39. The number of hydrogen-bond acceptors (Lipinski definition) is 5. The van der Waals surface area contributed by atoms with Crippen molar-refractivity contribution in [3.8, 4) is 5.75 Å². The maximum Gasteiger partial charge on any atom is 0.276 e. The zero-order valence-corrected chi connectivity index (χ0v) is 16.5. The summed E-state index contributed by atoms with van der Waals surface area (Å²) in [5, 5.41) is 12.1. The van der Waals surface area contributed by atoms with Gasteiger partial charge in [0.2, 0.25) is 6.17 Å². The molecule has 158 valence electrons. The number of nitrogens with one attached hydrogen (secondary N) is 1. The molecule has 1 aliphatic rings. The Morgan fingerprint density at radius 3 is 2.50 bits per heavy atom. The van der Waals surface area contributed by atoms with Gasteiger partial charge >= 0.3 is 0 Å². The Morgan fingerprint density at radius 2 is 1.78 bits per heavy atom. The van der Waals surface area contributed by atoms with Crippen molar-refractivity contribution in [2.75, 3.05) is 4.90 Å². The van der Waals surface area contributed by atoms with Gasteiger partial charge in [-0.25, -0.2) is 14.2 Å². The number of benzene rings is 3. The molecule has 0 saturated heterocycles. The zero-order chi connectivity index (χ0) is 22.7. The van der Waals surface area contributed by atoms with Crippen molar-refractivity contribution in [3.63, 3.8) is 0 Å². The summed E-state index contributed by atoms with van der Waals surface area (Å²) in [7, 11) is 0. The quantitative estimate of drug-likeness (QED) is 0.623. The third-order valence-electron chi connectivity index (χ3n) is 4.84. The van der Waals surface area contributed by atoms with Gasteiger partial charge in [0.15, 0.2) is 0 Å². The molecule has 1 heterocycles. The Bertz CT molecular complexity index is 1300. The molecule has 1 atom stereocenters. The van der Waals surface area contributed by atoms with Crippen LogP contribution in [0.25, 0.3) is 0 Å². The molecule has 2 amide bonds.